The molecule has 0 spiro atoms. The van der Waals surface area contributed by atoms with Gasteiger partial charge in [-0.1, -0.05) is 81.4 Å². The Labute approximate surface area is 150 Å². The van der Waals surface area contributed by atoms with Gasteiger partial charge in [-0.2, -0.15) is 0 Å². The molecule has 0 N–H and O–H groups in total. The Morgan fingerprint density at radius 1 is 1.00 bits per heavy atom. The molecule has 0 heterocycles. The summed E-state index contributed by atoms with van der Waals surface area (Å²) in [5.41, 5.74) is 0. The van der Waals surface area contributed by atoms with Crippen LogP contribution in [0.25, 0.3) is 0 Å². The van der Waals surface area contributed by atoms with Gasteiger partial charge in [0.25, 0.3) is 8.32 Å². The first-order chi connectivity index (χ1) is 11.3. The van der Waals surface area contributed by atoms with Gasteiger partial charge < -0.3 is 4.43 Å². The molecular weight excluding hydrogens is 336 g/mol. The maximum atomic E-state index is 12.1. The number of carbonyl (C=O) groups is 1. The van der Waals surface area contributed by atoms with E-state index < -0.39 is 14.4 Å². The van der Waals surface area contributed by atoms with E-state index in [-0.39, 0.29) is 16.7 Å². The summed E-state index contributed by atoms with van der Waals surface area (Å²) in [6, 6.07) is 20.6. The Balaban J connectivity index is 2.68. The zero-order chi connectivity index (χ0) is 17.8. The van der Waals surface area contributed by atoms with E-state index in [0.29, 0.717) is 0 Å². The van der Waals surface area contributed by atoms with Crippen LogP contribution in [0, 0.1) is 0 Å². The standard InChI is InChI=1S/C20H25ClO2Si/c1-16(19(22)15-21)23-24(20(2,3)4,17-11-7-5-8-12-17)18-13-9-6-10-14-18/h5-14,16H,15H2,1-4H3/t16-/m1/s1. The summed E-state index contributed by atoms with van der Waals surface area (Å²) in [4.78, 5) is 12.1. The predicted octanol–water partition coefficient (Wildman–Crippen LogP) is 3.76. The molecule has 0 saturated carbocycles. The van der Waals surface area contributed by atoms with E-state index in [1.165, 1.54) is 0 Å². The normalized spacial score (nSPS) is 13.5. The molecule has 128 valence electrons. The number of hydrogen-bond donors (Lipinski definition) is 0. The number of alkyl halides is 1. The number of carbonyl (C=O) groups excluding carboxylic acids is 1. The fourth-order valence-corrected chi connectivity index (χ4v) is 8.02. The van der Waals surface area contributed by atoms with Crippen LogP contribution in [0.4, 0.5) is 0 Å². The lowest BCUT2D eigenvalue weighted by molar-refractivity contribution is -0.122. The third kappa shape index (κ3) is 3.64. The summed E-state index contributed by atoms with van der Waals surface area (Å²) in [5.74, 6) is -0.107. The van der Waals surface area contributed by atoms with E-state index >= 15 is 0 Å². The highest BCUT2D eigenvalue weighted by Crippen LogP contribution is 2.37. The van der Waals surface area contributed by atoms with Crippen molar-refractivity contribution in [2.45, 2.75) is 38.8 Å². The summed E-state index contributed by atoms with van der Waals surface area (Å²) in [7, 11) is -2.67. The first-order valence-electron chi connectivity index (χ1n) is 8.20. The zero-order valence-corrected chi connectivity index (χ0v) is 16.5. The maximum absolute atomic E-state index is 12.1. The smallest absolute Gasteiger partial charge is 0.262 e. The van der Waals surface area contributed by atoms with Crippen molar-refractivity contribution < 1.29 is 9.22 Å². The van der Waals surface area contributed by atoms with Crippen molar-refractivity contribution in [1.29, 1.82) is 0 Å². The van der Waals surface area contributed by atoms with Crippen LogP contribution in [-0.2, 0) is 9.22 Å². The Bertz CT molecular complexity index is 626. The van der Waals surface area contributed by atoms with Crippen molar-refractivity contribution in [3.05, 3.63) is 60.7 Å². The summed E-state index contributed by atoms with van der Waals surface area (Å²) in [5, 5.41) is 2.19. The minimum absolute atomic E-state index is 0.0284. The lowest BCUT2D eigenvalue weighted by Gasteiger charge is -2.44. The molecule has 24 heavy (non-hydrogen) atoms. The van der Waals surface area contributed by atoms with E-state index in [4.69, 9.17) is 16.0 Å². The summed E-state index contributed by atoms with van der Waals surface area (Å²) in [6.07, 6.45) is -0.534. The lowest BCUT2D eigenvalue weighted by Crippen LogP contribution is -2.68. The number of ketones is 1. The predicted molar refractivity (Wildman–Crippen MR) is 104 cm³/mol. The fourth-order valence-electron chi connectivity index (χ4n) is 3.13. The van der Waals surface area contributed by atoms with Crippen molar-refractivity contribution in [1.82, 2.24) is 0 Å². The topological polar surface area (TPSA) is 26.3 Å². The molecule has 0 unspecified atom stereocenters. The van der Waals surface area contributed by atoms with Crippen LogP contribution in [0.15, 0.2) is 60.7 Å². The largest absolute Gasteiger partial charge is 0.398 e. The van der Waals surface area contributed by atoms with Gasteiger partial charge >= 0.3 is 0 Å². The van der Waals surface area contributed by atoms with E-state index in [9.17, 15) is 4.79 Å². The molecule has 0 amide bonds. The van der Waals surface area contributed by atoms with Crippen LogP contribution in [0.1, 0.15) is 27.7 Å². The van der Waals surface area contributed by atoms with Gasteiger partial charge in [-0.05, 0) is 22.3 Å². The molecule has 0 radical (unpaired) electrons. The van der Waals surface area contributed by atoms with Gasteiger partial charge in [-0.25, -0.2) is 0 Å². The Kier molecular flexibility index (Phi) is 6.02. The van der Waals surface area contributed by atoms with Gasteiger partial charge in [-0.15, -0.1) is 11.6 Å². The SMILES string of the molecule is C[C@@H](O[Si](c1ccccc1)(c1ccccc1)C(C)(C)C)C(=O)CCl. The van der Waals surface area contributed by atoms with Crippen molar-refractivity contribution in [2.75, 3.05) is 5.88 Å². The third-order valence-electron chi connectivity index (χ3n) is 4.36. The van der Waals surface area contributed by atoms with E-state index in [0.717, 1.165) is 10.4 Å². The maximum Gasteiger partial charge on any atom is 0.262 e. The molecule has 0 aliphatic rings. The van der Waals surface area contributed by atoms with Crippen LogP contribution >= 0.6 is 11.6 Å². The number of hydrogen-bond acceptors (Lipinski definition) is 2. The van der Waals surface area contributed by atoms with Crippen molar-refractivity contribution in [3.63, 3.8) is 0 Å². The molecule has 0 aliphatic heterocycles. The monoisotopic (exact) mass is 360 g/mol. The molecule has 0 aromatic heterocycles. The van der Waals surface area contributed by atoms with Crippen LogP contribution in [0.3, 0.4) is 0 Å². The highest BCUT2D eigenvalue weighted by Gasteiger charge is 2.51. The lowest BCUT2D eigenvalue weighted by atomic mass is 10.2. The van der Waals surface area contributed by atoms with E-state index in [1.807, 2.05) is 43.3 Å². The molecule has 1 atom stereocenters. The second-order valence-electron chi connectivity index (χ2n) is 7.02. The number of Topliss-reactive ketones (excluding diaryl/α,β-unsaturated/α-hetero) is 1. The van der Waals surface area contributed by atoms with Crippen LogP contribution < -0.4 is 10.4 Å². The molecule has 0 fully saturated rings. The van der Waals surface area contributed by atoms with Gasteiger partial charge in [0.15, 0.2) is 5.78 Å². The number of benzene rings is 2. The second-order valence-corrected chi connectivity index (χ2v) is 11.5. The Hall–Kier alpha value is -1.42. The number of rotatable bonds is 6. The van der Waals surface area contributed by atoms with Gasteiger partial charge in [-0.3, -0.25) is 4.79 Å². The molecule has 2 nitrogen and oxygen atoms in total. The molecule has 0 bridgehead atoms. The Morgan fingerprint density at radius 2 is 1.42 bits per heavy atom. The van der Waals surface area contributed by atoms with Crippen molar-refractivity contribution in [3.8, 4) is 0 Å². The van der Waals surface area contributed by atoms with Crippen LogP contribution in [0.2, 0.25) is 5.04 Å². The quantitative estimate of drug-likeness (QED) is 0.579. The summed E-state index contributed by atoms with van der Waals surface area (Å²) < 4.78 is 6.63. The highest BCUT2D eigenvalue weighted by molar-refractivity contribution is 6.99. The fraction of sp³-hybridized carbons (Fsp3) is 0.350. The average Bonchev–Trinajstić information content (AvgIpc) is 2.59. The van der Waals surface area contributed by atoms with Gasteiger partial charge in [0.2, 0.25) is 0 Å². The summed E-state index contributed by atoms with van der Waals surface area (Å²) >= 11 is 5.77. The summed E-state index contributed by atoms with van der Waals surface area (Å²) in [6.45, 7) is 8.38. The highest BCUT2D eigenvalue weighted by atomic mass is 35.5. The molecule has 4 heteroatoms. The third-order valence-corrected chi connectivity index (χ3v) is 9.73. The average molecular weight is 361 g/mol. The molecule has 2 aromatic carbocycles. The molecule has 2 rings (SSSR count). The van der Waals surface area contributed by atoms with Crippen molar-refractivity contribution in [2.24, 2.45) is 0 Å². The molecule has 2 aromatic rings. The molecule has 0 aliphatic carbocycles. The zero-order valence-electron chi connectivity index (χ0n) is 14.8. The van der Waals surface area contributed by atoms with Crippen molar-refractivity contribution >= 4 is 36.1 Å². The minimum Gasteiger partial charge on any atom is -0.398 e. The second kappa shape index (κ2) is 7.64. The van der Waals surface area contributed by atoms with Crippen LogP contribution in [-0.4, -0.2) is 26.1 Å². The first kappa shape index (κ1) is 18.9. The van der Waals surface area contributed by atoms with Crippen LogP contribution in [0.5, 0.6) is 0 Å². The number of halogens is 1. The van der Waals surface area contributed by atoms with Gasteiger partial charge in [0.1, 0.15) is 6.10 Å². The molecular formula is C20H25ClO2Si. The van der Waals surface area contributed by atoms with Gasteiger partial charge in [0, 0.05) is 0 Å². The van der Waals surface area contributed by atoms with E-state index in [2.05, 4.69) is 45.0 Å². The minimum atomic E-state index is -2.67. The molecule has 0 saturated heterocycles. The first-order valence-corrected chi connectivity index (χ1v) is 10.6. The Morgan fingerprint density at radius 3 is 1.75 bits per heavy atom. The van der Waals surface area contributed by atoms with E-state index in [1.54, 1.807) is 0 Å². The van der Waals surface area contributed by atoms with Gasteiger partial charge in [0.05, 0.1) is 5.88 Å².